The van der Waals surface area contributed by atoms with Crippen LogP contribution in [0.25, 0.3) is 11.0 Å². The quantitative estimate of drug-likeness (QED) is 0.458. The number of rotatable bonds is 5. The van der Waals surface area contributed by atoms with Gasteiger partial charge < -0.3 is 13.9 Å². The van der Waals surface area contributed by atoms with Gasteiger partial charge in [-0.25, -0.2) is 4.79 Å². The van der Waals surface area contributed by atoms with Crippen LogP contribution in [-0.2, 0) is 0 Å². The highest BCUT2D eigenvalue weighted by molar-refractivity contribution is 14.1. The Balaban J connectivity index is 2.37. The Bertz CT molecular complexity index is 620. The molecule has 1 aromatic carbocycles. The number of hydrogen-bond acceptors (Lipinski definition) is 4. The third kappa shape index (κ3) is 3.40. The highest BCUT2D eigenvalue weighted by Gasteiger charge is 2.10. The summed E-state index contributed by atoms with van der Waals surface area (Å²) in [5, 5.41) is 0.811. The van der Waals surface area contributed by atoms with Crippen LogP contribution in [0, 0.1) is 5.92 Å². The SMILES string of the molecule is COc1cc2ccc(=O)oc2cc1OCC(C)CI. The third-order valence-corrected chi connectivity index (χ3v) is 4.20. The molecule has 1 aromatic heterocycles. The van der Waals surface area contributed by atoms with Crippen LogP contribution in [0.4, 0.5) is 0 Å². The minimum absolute atomic E-state index is 0.371. The molecular formula is C14H15IO4. The lowest BCUT2D eigenvalue weighted by molar-refractivity contribution is 0.260. The maximum atomic E-state index is 11.2. The molecule has 2 aromatic rings. The first-order valence-corrected chi connectivity index (χ1v) is 7.47. The molecule has 0 aliphatic rings. The van der Waals surface area contributed by atoms with Gasteiger partial charge in [0.15, 0.2) is 11.5 Å². The fourth-order valence-corrected chi connectivity index (χ4v) is 1.88. The molecule has 0 aliphatic carbocycles. The smallest absolute Gasteiger partial charge is 0.336 e. The molecule has 102 valence electrons. The molecule has 0 N–H and O–H groups in total. The summed E-state index contributed by atoms with van der Waals surface area (Å²) in [4.78, 5) is 11.2. The fourth-order valence-electron chi connectivity index (χ4n) is 1.62. The number of methoxy groups -OCH3 is 1. The largest absolute Gasteiger partial charge is 0.493 e. The van der Waals surface area contributed by atoms with E-state index in [0.29, 0.717) is 29.6 Å². The van der Waals surface area contributed by atoms with Crippen molar-refractivity contribution in [3.63, 3.8) is 0 Å². The Kier molecular flexibility index (Phi) is 4.68. The maximum absolute atomic E-state index is 11.2. The van der Waals surface area contributed by atoms with E-state index in [9.17, 15) is 4.79 Å². The number of hydrogen-bond donors (Lipinski definition) is 0. The average molecular weight is 374 g/mol. The first kappa shape index (κ1) is 14.2. The number of ether oxygens (including phenoxy) is 2. The highest BCUT2D eigenvalue weighted by Crippen LogP contribution is 2.32. The van der Waals surface area contributed by atoms with E-state index in [4.69, 9.17) is 13.9 Å². The molecule has 0 spiro atoms. The monoisotopic (exact) mass is 374 g/mol. The van der Waals surface area contributed by atoms with Gasteiger partial charge in [0.05, 0.1) is 13.7 Å². The molecule has 5 heteroatoms. The second-order valence-corrected chi connectivity index (χ2v) is 5.25. The topological polar surface area (TPSA) is 48.7 Å². The maximum Gasteiger partial charge on any atom is 0.336 e. The van der Waals surface area contributed by atoms with Gasteiger partial charge in [-0.1, -0.05) is 29.5 Å². The molecule has 0 radical (unpaired) electrons. The lowest BCUT2D eigenvalue weighted by Crippen LogP contribution is -2.10. The molecule has 19 heavy (non-hydrogen) atoms. The van der Waals surface area contributed by atoms with E-state index in [1.54, 1.807) is 19.2 Å². The molecule has 4 nitrogen and oxygen atoms in total. The van der Waals surface area contributed by atoms with Crippen LogP contribution in [0.15, 0.2) is 33.5 Å². The van der Waals surface area contributed by atoms with Gasteiger partial charge in [-0.2, -0.15) is 0 Å². The zero-order valence-corrected chi connectivity index (χ0v) is 13.0. The first-order chi connectivity index (χ1) is 9.13. The van der Waals surface area contributed by atoms with E-state index in [1.165, 1.54) is 6.07 Å². The van der Waals surface area contributed by atoms with Crippen molar-refractivity contribution < 1.29 is 13.9 Å². The van der Waals surface area contributed by atoms with E-state index < -0.39 is 0 Å². The zero-order chi connectivity index (χ0) is 13.8. The summed E-state index contributed by atoms with van der Waals surface area (Å²) in [5.74, 6) is 1.69. The molecule has 1 unspecified atom stereocenters. The van der Waals surface area contributed by atoms with Crippen molar-refractivity contribution in [3.05, 3.63) is 34.7 Å². The fraction of sp³-hybridized carbons (Fsp3) is 0.357. The van der Waals surface area contributed by atoms with Crippen LogP contribution in [0.1, 0.15) is 6.92 Å². The average Bonchev–Trinajstić information content (AvgIpc) is 2.43. The van der Waals surface area contributed by atoms with E-state index in [0.717, 1.165) is 9.81 Å². The van der Waals surface area contributed by atoms with Crippen LogP contribution in [-0.4, -0.2) is 18.1 Å². The summed E-state index contributed by atoms with van der Waals surface area (Å²) >= 11 is 2.32. The van der Waals surface area contributed by atoms with Crippen LogP contribution in [0.3, 0.4) is 0 Å². The van der Waals surface area contributed by atoms with Crippen molar-refractivity contribution in [1.29, 1.82) is 0 Å². The number of halogens is 1. The van der Waals surface area contributed by atoms with E-state index >= 15 is 0 Å². The summed E-state index contributed by atoms with van der Waals surface area (Å²) in [6.45, 7) is 2.71. The van der Waals surface area contributed by atoms with Crippen LogP contribution in [0.2, 0.25) is 0 Å². The molecule has 1 heterocycles. The van der Waals surface area contributed by atoms with E-state index in [1.807, 2.05) is 6.07 Å². The number of benzene rings is 1. The highest BCUT2D eigenvalue weighted by atomic mass is 127. The van der Waals surface area contributed by atoms with Crippen molar-refractivity contribution in [1.82, 2.24) is 0 Å². The molecule has 2 rings (SSSR count). The zero-order valence-electron chi connectivity index (χ0n) is 10.8. The molecule has 0 saturated heterocycles. The molecule has 0 amide bonds. The van der Waals surface area contributed by atoms with Crippen molar-refractivity contribution in [2.24, 2.45) is 5.92 Å². The Morgan fingerprint density at radius 2 is 2.11 bits per heavy atom. The predicted octanol–water partition coefficient (Wildman–Crippen LogP) is 3.25. The Morgan fingerprint density at radius 3 is 2.79 bits per heavy atom. The number of fused-ring (bicyclic) bond motifs is 1. The van der Waals surface area contributed by atoms with Gasteiger partial charge in [0.25, 0.3) is 0 Å². The first-order valence-electron chi connectivity index (χ1n) is 5.94. The van der Waals surface area contributed by atoms with Crippen molar-refractivity contribution in [2.75, 3.05) is 18.1 Å². The second-order valence-electron chi connectivity index (χ2n) is 4.37. The van der Waals surface area contributed by atoms with Crippen LogP contribution < -0.4 is 15.1 Å². The summed E-state index contributed by atoms with van der Waals surface area (Å²) in [6.07, 6.45) is 0. The molecule has 1 atom stereocenters. The predicted molar refractivity (Wildman–Crippen MR) is 82.6 cm³/mol. The van der Waals surface area contributed by atoms with Gasteiger partial charge in [0.2, 0.25) is 0 Å². The Morgan fingerprint density at radius 1 is 1.32 bits per heavy atom. The second kappa shape index (κ2) is 6.27. The summed E-state index contributed by atoms with van der Waals surface area (Å²) in [7, 11) is 1.59. The van der Waals surface area contributed by atoms with Gasteiger partial charge in [-0.05, 0) is 18.1 Å². The van der Waals surface area contributed by atoms with Crippen LogP contribution >= 0.6 is 22.6 Å². The molecule has 0 bridgehead atoms. The Hall–Kier alpha value is -1.24. The summed E-state index contributed by atoms with van der Waals surface area (Å²) in [6, 6.07) is 6.61. The van der Waals surface area contributed by atoms with Gasteiger partial charge in [-0.3, -0.25) is 0 Å². The van der Waals surface area contributed by atoms with Crippen molar-refractivity contribution in [3.8, 4) is 11.5 Å². The third-order valence-electron chi connectivity index (χ3n) is 2.69. The minimum Gasteiger partial charge on any atom is -0.493 e. The number of alkyl halides is 1. The lowest BCUT2D eigenvalue weighted by atomic mass is 10.2. The normalized spacial score (nSPS) is 12.4. The molecule has 0 aliphatic heterocycles. The molecular weight excluding hydrogens is 359 g/mol. The van der Waals surface area contributed by atoms with Crippen LogP contribution in [0.5, 0.6) is 11.5 Å². The summed E-state index contributed by atoms with van der Waals surface area (Å²) < 4.78 is 17.2. The summed E-state index contributed by atoms with van der Waals surface area (Å²) in [5.41, 5.74) is 0.134. The molecule has 0 fully saturated rings. The van der Waals surface area contributed by atoms with Crippen molar-refractivity contribution in [2.45, 2.75) is 6.92 Å². The molecule has 0 saturated carbocycles. The van der Waals surface area contributed by atoms with Crippen molar-refractivity contribution >= 4 is 33.6 Å². The standard InChI is InChI=1S/C14H15IO4/c1-9(7-15)8-18-13-6-11-10(5-12(13)17-2)3-4-14(16)19-11/h3-6,9H,7-8H2,1-2H3. The minimum atomic E-state index is -0.371. The lowest BCUT2D eigenvalue weighted by Gasteiger charge is -2.13. The Labute approximate surface area is 124 Å². The van der Waals surface area contributed by atoms with Gasteiger partial charge in [-0.15, -0.1) is 0 Å². The van der Waals surface area contributed by atoms with Gasteiger partial charge >= 0.3 is 5.63 Å². The van der Waals surface area contributed by atoms with Gasteiger partial charge in [0.1, 0.15) is 5.58 Å². The van der Waals surface area contributed by atoms with E-state index in [-0.39, 0.29) is 5.63 Å². The van der Waals surface area contributed by atoms with Gasteiger partial charge in [0, 0.05) is 21.9 Å². The van der Waals surface area contributed by atoms with E-state index in [2.05, 4.69) is 29.5 Å².